The number of rotatable bonds is 4. The smallest absolute Gasteiger partial charge is 0.216 e. The van der Waals surface area contributed by atoms with Gasteiger partial charge in [-0.1, -0.05) is 13.8 Å². The predicted molar refractivity (Wildman–Crippen MR) is 64.3 cm³/mol. The fourth-order valence-electron chi connectivity index (χ4n) is 1.00. The lowest BCUT2D eigenvalue weighted by Gasteiger charge is -2.10. The molecular weight excluding hydrogens is 207 g/mol. The number of likely N-dealkylation sites (N-methyl/N-ethyl adjacent to an activating group) is 1. The van der Waals surface area contributed by atoms with Crippen LogP contribution in [0, 0.1) is 12.9 Å². The highest BCUT2D eigenvalue weighted by Crippen LogP contribution is 2.10. The molecule has 0 saturated heterocycles. The van der Waals surface area contributed by atoms with Crippen molar-refractivity contribution in [2.75, 3.05) is 27.2 Å². The largest absolute Gasteiger partial charge is 0.476 e. The molecule has 0 radical (unpaired) electrons. The van der Waals surface area contributed by atoms with Crippen LogP contribution in [-0.4, -0.2) is 37.1 Å². The molecule has 0 aliphatic carbocycles. The number of hydrogen-bond donors (Lipinski definition) is 0. The Morgan fingerprint density at radius 1 is 1.31 bits per heavy atom. The average molecular weight is 228 g/mol. The molecule has 1 heterocycles. The highest BCUT2D eigenvalue weighted by molar-refractivity contribution is 5.19. The zero-order valence-electron chi connectivity index (χ0n) is 10.7. The molecule has 0 N–H and O–H groups in total. The molecule has 0 aromatic carbocycles. The van der Waals surface area contributed by atoms with Crippen molar-refractivity contribution in [2.45, 2.75) is 20.8 Å². The highest BCUT2D eigenvalue weighted by atomic mass is 19.1. The highest BCUT2D eigenvalue weighted by Gasteiger charge is 2.00. The van der Waals surface area contributed by atoms with Crippen LogP contribution in [0.25, 0.3) is 0 Å². The zero-order valence-corrected chi connectivity index (χ0v) is 10.7. The summed E-state index contributed by atoms with van der Waals surface area (Å²) in [6.07, 6.45) is 0. The number of aromatic nitrogens is 1. The summed E-state index contributed by atoms with van der Waals surface area (Å²) < 4.78 is 18.1. The Morgan fingerprint density at radius 2 is 1.94 bits per heavy atom. The minimum atomic E-state index is -0.496. The van der Waals surface area contributed by atoms with E-state index >= 15 is 0 Å². The van der Waals surface area contributed by atoms with E-state index in [1.165, 1.54) is 6.07 Å². The van der Waals surface area contributed by atoms with E-state index in [-0.39, 0.29) is 0 Å². The Balaban J connectivity index is 0.00000106. The molecule has 0 bridgehead atoms. The van der Waals surface area contributed by atoms with Crippen molar-refractivity contribution in [3.8, 4) is 5.88 Å². The summed E-state index contributed by atoms with van der Waals surface area (Å²) in [7, 11) is 3.90. The molecule has 4 heteroatoms. The van der Waals surface area contributed by atoms with Crippen LogP contribution in [0.1, 0.15) is 19.4 Å². The molecule has 0 amide bonds. The van der Waals surface area contributed by atoms with Gasteiger partial charge in [0.05, 0.1) is 0 Å². The minimum Gasteiger partial charge on any atom is -0.476 e. The van der Waals surface area contributed by atoms with E-state index in [4.69, 9.17) is 4.74 Å². The van der Waals surface area contributed by atoms with Gasteiger partial charge < -0.3 is 9.64 Å². The van der Waals surface area contributed by atoms with Gasteiger partial charge in [-0.05, 0) is 32.6 Å². The monoisotopic (exact) mass is 228 g/mol. The Kier molecular flexibility index (Phi) is 7.46. The third kappa shape index (κ3) is 6.35. The van der Waals surface area contributed by atoms with Gasteiger partial charge in [0.15, 0.2) is 0 Å². The SMILES string of the molecule is CC.Cc1cc(F)nc(OCCN(C)C)c1. The van der Waals surface area contributed by atoms with E-state index in [1.807, 2.05) is 39.8 Å². The van der Waals surface area contributed by atoms with E-state index in [2.05, 4.69) is 4.98 Å². The Hall–Kier alpha value is -1.16. The summed E-state index contributed by atoms with van der Waals surface area (Å²) in [6, 6.07) is 3.09. The van der Waals surface area contributed by atoms with E-state index < -0.39 is 5.95 Å². The van der Waals surface area contributed by atoms with Gasteiger partial charge in [0, 0.05) is 12.6 Å². The molecule has 1 rings (SSSR count). The quantitative estimate of drug-likeness (QED) is 0.740. The van der Waals surface area contributed by atoms with E-state index in [0.29, 0.717) is 12.5 Å². The molecule has 1 aromatic rings. The molecule has 0 spiro atoms. The number of hydrogen-bond acceptors (Lipinski definition) is 3. The second-order valence-electron chi connectivity index (χ2n) is 3.46. The molecule has 0 saturated carbocycles. The number of nitrogens with zero attached hydrogens (tertiary/aromatic N) is 2. The first-order chi connectivity index (χ1) is 7.58. The fraction of sp³-hybridized carbons (Fsp3) is 0.583. The fourth-order valence-corrected chi connectivity index (χ4v) is 1.00. The van der Waals surface area contributed by atoms with Crippen LogP contribution in [0.5, 0.6) is 5.88 Å². The van der Waals surface area contributed by atoms with Crippen LogP contribution in [0.3, 0.4) is 0 Å². The van der Waals surface area contributed by atoms with Gasteiger partial charge in [-0.3, -0.25) is 0 Å². The Morgan fingerprint density at radius 3 is 2.44 bits per heavy atom. The topological polar surface area (TPSA) is 25.4 Å². The molecule has 0 aliphatic rings. The van der Waals surface area contributed by atoms with Gasteiger partial charge in [0.2, 0.25) is 11.8 Å². The molecule has 0 fully saturated rings. The van der Waals surface area contributed by atoms with Crippen LogP contribution in [0.2, 0.25) is 0 Å². The lowest BCUT2D eigenvalue weighted by molar-refractivity contribution is 0.251. The summed E-state index contributed by atoms with van der Waals surface area (Å²) >= 11 is 0. The van der Waals surface area contributed by atoms with Crippen LogP contribution < -0.4 is 4.74 Å². The Bertz CT molecular complexity index is 283. The maximum atomic E-state index is 12.8. The molecule has 0 atom stereocenters. The summed E-state index contributed by atoms with van der Waals surface area (Å²) in [5.74, 6) is -0.144. The average Bonchev–Trinajstić information content (AvgIpc) is 2.18. The van der Waals surface area contributed by atoms with E-state index in [1.54, 1.807) is 6.07 Å². The molecule has 92 valence electrons. The van der Waals surface area contributed by atoms with Gasteiger partial charge in [0.25, 0.3) is 0 Å². The molecule has 0 unspecified atom stereocenters. The molecule has 3 nitrogen and oxygen atoms in total. The molecule has 16 heavy (non-hydrogen) atoms. The van der Waals surface area contributed by atoms with Gasteiger partial charge in [-0.25, -0.2) is 0 Å². The number of aryl methyl sites for hydroxylation is 1. The first kappa shape index (κ1) is 14.8. The maximum absolute atomic E-state index is 12.8. The van der Waals surface area contributed by atoms with E-state index in [9.17, 15) is 4.39 Å². The summed E-state index contributed by atoms with van der Waals surface area (Å²) in [5, 5.41) is 0. The van der Waals surface area contributed by atoms with Crippen LogP contribution in [0.15, 0.2) is 12.1 Å². The second kappa shape index (κ2) is 8.05. The van der Waals surface area contributed by atoms with Gasteiger partial charge in [-0.15, -0.1) is 0 Å². The predicted octanol–water partition coefficient (Wildman–Crippen LogP) is 2.50. The number of pyridine rings is 1. The first-order valence-corrected chi connectivity index (χ1v) is 5.49. The number of halogens is 1. The molecule has 0 aliphatic heterocycles. The van der Waals surface area contributed by atoms with Crippen molar-refractivity contribution < 1.29 is 9.13 Å². The van der Waals surface area contributed by atoms with Crippen molar-refractivity contribution in [3.05, 3.63) is 23.6 Å². The van der Waals surface area contributed by atoms with Gasteiger partial charge in [-0.2, -0.15) is 9.37 Å². The molecular formula is C12H21FN2O. The number of ether oxygens (including phenoxy) is 1. The van der Waals surface area contributed by atoms with Crippen LogP contribution in [-0.2, 0) is 0 Å². The summed E-state index contributed by atoms with van der Waals surface area (Å²) in [6.45, 7) is 7.11. The van der Waals surface area contributed by atoms with Gasteiger partial charge in [0.1, 0.15) is 6.61 Å². The third-order valence-electron chi connectivity index (χ3n) is 1.70. The van der Waals surface area contributed by atoms with E-state index in [0.717, 1.165) is 12.1 Å². The molecule has 1 aromatic heterocycles. The van der Waals surface area contributed by atoms with Gasteiger partial charge >= 0.3 is 0 Å². The van der Waals surface area contributed by atoms with Crippen molar-refractivity contribution >= 4 is 0 Å². The lowest BCUT2D eigenvalue weighted by atomic mass is 10.3. The first-order valence-electron chi connectivity index (χ1n) is 5.49. The van der Waals surface area contributed by atoms with Crippen molar-refractivity contribution in [1.29, 1.82) is 0 Å². The van der Waals surface area contributed by atoms with Crippen molar-refractivity contribution in [2.24, 2.45) is 0 Å². The summed E-state index contributed by atoms with van der Waals surface area (Å²) in [4.78, 5) is 5.62. The maximum Gasteiger partial charge on any atom is 0.216 e. The second-order valence-corrected chi connectivity index (χ2v) is 3.46. The summed E-state index contributed by atoms with van der Waals surface area (Å²) in [5.41, 5.74) is 0.817. The van der Waals surface area contributed by atoms with Crippen LogP contribution >= 0.6 is 0 Å². The van der Waals surface area contributed by atoms with Crippen molar-refractivity contribution in [1.82, 2.24) is 9.88 Å². The lowest BCUT2D eigenvalue weighted by Crippen LogP contribution is -2.19. The standard InChI is InChI=1S/C10H15FN2O.C2H6/c1-8-6-9(11)12-10(7-8)14-5-4-13(2)3;1-2/h6-7H,4-5H2,1-3H3;1-2H3. The third-order valence-corrected chi connectivity index (χ3v) is 1.70. The minimum absolute atomic E-state index is 0.351. The Labute approximate surface area is 97.3 Å². The zero-order chi connectivity index (χ0) is 12.6. The van der Waals surface area contributed by atoms with Crippen molar-refractivity contribution in [3.63, 3.8) is 0 Å². The van der Waals surface area contributed by atoms with Crippen LogP contribution in [0.4, 0.5) is 4.39 Å². The normalized spacial score (nSPS) is 9.69.